The molecule has 1 heterocycles. The van der Waals surface area contributed by atoms with Gasteiger partial charge in [-0.2, -0.15) is 0 Å². The van der Waals surface area contributed by atoms with Gasteiger partial charge in [-0.3, -0.25) is 9.36 Å². The first kappa shape index (κ1) is 23.6. The van der Waals surface area contributed by atoms with Crippen LogP contribution in [0.15, 0.2) is 84.0 Å². The zero-order valence-electron chi connectivity index (χ0n) is 19.8. The molecule has 0 aliphatic heterocycles. The van der Waals surface area contributed by atoms with Crippen molar-refractivity contribution in [3.63, 3.8) is 0 Å². The molecule has 0 N–H and O–H groups in total. The van der Waals surface area contributed by atoms with Gasteiger partial charge < -0.3 is 9.64 Å². The number of hydrogen-bond donors (Lipinski definition) is 0. The zero-order valence-corrected chi connectivity index (χ0v) is 20.6. The van der Waals surface area contributed by atoms with Crippen LogP contribution in [0.25, 0.3) is 17.1 Å². The van der Waals surface area contributed by atoms with E-state index in [1.54, 1.807) is 19.1 Å². The summed E-state index contributed by atoms with van der Waals surface area (Å²) in [5.74, 6) is 2.05. The Morgan fingerprint density at radius 3 is 2.32 bits per heavy atom. The van der Waals surface area contributed by atoms with Crippen molar-refractivity contribution in [3.8, 4) is 22.8 Å². The Morgan fingerprint density at radius 1 is 0.971 bits per heavy atom. The molecule has 4 aromatic rings. The van der Waals surface area contributed by atoms with Crippen molar-refractivity contribution < 1.29 is 9.53 Å². The predicted octanol–water partition coefficient (Wildman–Crippen LogP) is 5.82. The number of methoxy groups -OCH3 is 1. The SMILES string of the molecule is COc1ccc(-c2nnc(SCC(=O)N(C)c3ccccc3)n2-c2ccccc2C(C)C)cc1. The van der Waals surface area contributed by atoms with Gasteiger partial charge in [0.1, 0.15) is 5.75 Å². The molecule has 0 atom stereocenters. The summed E-state index contributed by atoms with van der Waals surface area (Å²) in [6.07, 6.45) is 0. The van der Waals surface area contributed by atoms with E-state index in [1.165, 1.54) is 17.3 Å². The van der Waals surface area contributed by atoms with Crippen LogP contribution < -0.4 is 9.64 Å². The first-order valence-electron chi connectivity index (χ1n) is 11.1. The van der Waals surface area contributed by atoms with Gasteiger partial charge in [-0.25, -0.2) is 0 Å². The molecule has 0 saturated heterocycles. The molecule has 1 aromatic heterocycles. The second kappa shape index (κ2) is 10.6. The topological polar surface area (TPSA) is 60.3 Å². The van der Waals surface area contributed by atoms with Crippen LogP contribution in [-0.2, 0) is 4.79 Å². The number of para-hydroxylation sites is 2. The highest BCUT2D eigenvalue weighted by Crippen LogP contribution is 2.33. The third-order valence-electron chi connectivity index (χ3n) is 5.62. The van der Waals surface area contributed by atoms with Crippen molar-refractivity contribution in [1.29, 1.82) is 0 Å². The number of anilines is 1. The number of rotatable bonds is 8. The first-order valence-corrected chi connectivity index (χ1v) is 12.1. The quantitative estimate of drug-likeness (QED) is 0.302. The van der Waals surface area contributed by atoms with Crippen LogP contribution in [0.5, 0.6) is 5.75 Å². The largest absolute Gasteiger partial charge is 0.497 e. The second-order valence-electron chi connectivity index (χ2n) is 8.16. The second-order valence-corrected chi connectivity index (χ2v) is 9.10. The van der Waals surface area contributed by atoms with Crippen LogP contribution in [0.3, 0.4) is 0 Å². The molecule has 3 aromatic carbocycles. The molecule has 7 heteroatoms. The summed E-state index contributed by atoms with van der Waals surface area (Å²) < 4.78 is 7.36. The van der Waals surface area contributed by atoms with E-state index in [-0.39, 0.29) is 11.7 Å². The molecule has 0 aliphatic rings. The van der Waals surface area contributed by atoms with E-state index in [0.717, 1.165) is 28.5 Å². The fourth-order valence-electron chi connectivity index (χ4n) is 3.71. The Balaban J connectivity index is 1.70. The minimum absolute atomic E-state index is 0.00566. The normalized spacial score (nSPS) is 11.0. The highest BCUT2D eigenvalue weighted by atomic mass is 32.2. The molecule has 0 fully saturated rings. The van der Waals surface area contributed by atoms with Gasteiger partial charge >= 0.3 is 0 Å². The molecular weight excluding hydrogens is 444 g/mol. The molecule has 1 amide bonds. The number of hydrogen-bond acceptors (Lipinski definition) is 5. The van der Waals surface area contributed by atoms with E-state index >= 15 is 0 Å². The van der Waals surface area contributed by atoms with E-state index < -0.39 is 0 Å². The minimum Gasteiger partial charge on any atom is -0.497 e. The van der Waals surface area contributed by atoms with E-state index in [9.17, 15) is 4.79 Å². The molecule has 4 rings (SSSR count). The van der Waals surface area contributed by atoms with Gasteiger partial charge in [0.2, 0.25) is 5.91 Å². The monoisotopic (exact) mass is 472 g/mol. The zero-order chi connectivity index (χ0) is 24.1. The van der Waals surface area contributed by atoms with E-state index in [1.807, 2.05) is 66.7 Å². The van der Waals surface area contributed by atoms with Crippen LogP contribution in [0, 0.1) is 0 Å². The van der Waals surface area contributed by atoms with Crippen molar-refractivity contribution >= 4 is 23.4 Å². The van der Waals surface area contributed by atoms with Gasteiger partial charge in [0.25, 0.3) is 0 Å². The highest BCUT2D eigenvalue weighted by Gasteiger charge is 2.21. The molecule has 6 nitrogen and oxygen atoms in total. The van der Waals surface area contributed by atoms with E-state index in [4.69, 9.17) is 4.74 Å². The average Bonchev–Trinajstić information content (AvgIpc) is 3.31. The van der Waals surface area contributed by atoms with Crippen molar-refractivity contribution in [2.24, 2.45) is 0 Å². The number of amides is 1. The lowest BCUT2D eigenvalue weighted by molar-refractivity contribution is -0.115. The lowest BCUT2D eigenvalue weighted by Gasteiger charge is -2.18. The number of carbonyl (C=O) groups excluding carboxylic acids is 1. The van der Waals surface area contributed by atoms with Gasteiger partial charge in [0.15, 0.2) is 11.0 Å². The summed E-state index contributed by atoms with van der Waals surface area (Å²) in [6, 6.07) is 25.7. The lowest BCUT2D eigenvalue weighted by Crippen LogP contribution is -2.27. The molecule has 0 aliphatic carbocycles. The standard InChI is InChI=1S/C27H28N4O2S/c1-19(2)23-12-8-9-13-24(23)31-26(20-14-16-22(33-4)17-15-20)28-29-27(31)34-18-25(32)30(3)21-10-6-5-7-11-21/h5-17,19H,18H2,1-4H3. The maximum atomic E-state index is 12.9. The number of carbonyl (C=O) groups is 1. The van der Waals surface area contributed by atoms with E-state index in [0.29, 0.717) is 11.1 Å². The minimum atomic E-state index is -0.00566. The Kier molecular flexibility index (Phi) is 7.33. The maximum Gasteiger partial charge on any atom is 0.237 e. The molecule has 0 saturated carbocycles. The Morgan fingerprint density at radius 2 is 1.65 bits per heavy atom. The number of thioether (sulfide) groups is 1. The Hall–Kier alpha value is -3.58. The summed E-state index contributed by atoms with van der Waals surface area (Å²) in [7, 11) is 3.44. The fraction of sp³-hybridized carbons (Fsp3) is 0.222. The summed E-state index contributed by atoms with van der Waals surface area (Å²) in [4.78, 5) is 14.6. The van der Waals surface area contributed by atoms with E-state index in [2.05, 4.69) is 40.7 Å². The van der Waals surface area contributed by atoms with Crippen LogP contribution in [0.1, 0.15) is 25.3 Å². The van der Waals surface area contributed by atoms with Crippen molar-refractivity contribution in [3.05, 3.63) is 84.4 Å². The molecular formula is C27H28N4O2S. The average molecular weight is 473 g/mol. The number of aromatic nitrogens is 3. The molecule has 0 bridgehead atoms. The summed E-state index contributed by atoms with van der Waals surface area (Å²) in [5.41, 5.74) is 3.98. The van der Waals surface area contributed by atoms with Crippen LogP contribution >= 0.6 is 11.8 Å². The number of benzene rings is 3. The summed E-state index contributed by atoms with van der Waals surface area (Å²) in [6.45, 7) is 4.34. The van der Waals surface area contributed by atoms with Crippen LogP contribution in [0.4, 0.5) is 5.69 Å². The van der Waals surface area contributed by atoms with Crippen molar-refractivity contribution in [2.75, 3.05) is 24.8 Å². The molecule has 0 radical (unpaired) electrons. The molecule has 34 heavy (non-hydrogen) atoms. The van der Waals surface area contributed by atoms with Gasteiger partial charge in [-0.1, -0.05) is 62.0 Å². The Bertz CT molecular complexity index is 1250. The van der Waals surface area contributed by atoms with Crippen LogP contribution in [-0.4, -0.2) is 40.6 Å². The lowest BCUT2D eigenvalue weighted by atomic mass is 10.0. The molecule has 0 spiro atoms. The van der Waals surface area contributed by atoms with Gasteiger partial charge in [0, 0.05) is 18.3 Å². The highest BCUT2D eigenvalue weighted by molar-refractivity contribution is 7.99. The van der Waals surface area contributed by atoms with Crippen molar-refractivity contribution in [1.82, 2.24) is 14.8 Å². The molecule has 0 unspecified atom stereocenters. The third kappa shape index (κ3) is 4.99. The predicted molar refractivity (Wildman–Crippen MR) is 138 cm³/mol. The van der Waals surface area contributed by atoms with Gasteiger partial charge in [-0.05, 0) is 53.9 Å². The summed E-state index contributed by atoms with van der Waals surface area (Å²) >= 11 is 1.39. The number of nitrogens with zero attached hydrogens (tertiary/aromatic N) is 4. The van der Waals surface area contributed by atoms with Crippen molar-refractivity contribution in [2.45, 2.75) is 24.9 Å². The third-order valence-corrected chi connectivity index (χ3v) is 6.54. The first-order chi connectivity index (χ1) is 16.5. The van der Waals surface area contributed by atoms with Gasteiger partial charge in [0.05, 0.1) is 18.6 Å². The van der Waals surface area contributed by atoms with Gasteiger partial charge in [-0.15, -0.1) is 10.2 Å². The maximum absolute atomic E-state index is 12.9. The van der Waals surface area contributed by atoms with Crippen LogP contribution in [0.2, 0.25) is 0 Å². The number of ether oxygens (including phenoxy) is 1. The smallest absolute Gasteiger partial charge is 0.237 e. The fourth-order valence-corrected chi connectivity index (χ4v) is 4.56. The summed E-state index contributed by atoms with van der Waals surface area (Å²) in [5, 5.41) is 9.69. The molecule has 174 valence electrons. The Labute approximate surface area is 204 Å².